The molecule has 2 amide bonds. The lowest BCUT2D eigenvalue weighted by Crippen LogP contribution is -2.48. The summed E-state index contributed by atoms with van der Waals surface area (Å²) in [5.41, 5.74) is 0. The molecule has 70 valence electrons. The Hall–Kier alpha value is -1.46. The summed E-state index contributed by atoms with van der Waals surface area (Å²) in [5.74, 6) is 0. The summed E-state index contributed by atoms with van der Waals surface area (Å²) < 4.78 is 0. The molecule has 0 rings (SSSR count). The Morgan fingerprint density at radius 3 is 1.33 bits per heavy atom. The van der Waals surface area contributed by atoms with Crippen molar-refractivity contribution >= 4 is 12.2 Å². The van der Waals surface area contributed by atoms with Gasteiger partial charge in [-0.2, -0.15) is 0 Å². The molecule has 0 fully saturated rings. The molecule has 0 aliphatic rings. The van der Waals surface area contributed by atoms with Gasteiger partial charge in [0.05, 0.1) is 0 Å². The highest BCUT2D eigenvalue weighted by Crippen LogP contribution is 1.98. The van der Waals surface area contributed by atoms with Crippen molar-refractivity contribution in [3.63, 3.8) is 0 Å². The van der Waals surface area contributed by atoms with Gasteiger partial charge in [0.1, 0.15) is 0 Å². The second-order valence-corrected chi connectivity index (χ2v) is 2.00. The molecule has 0 aliphatic carbocycles. The maximum absolute atomic E-state index is 10.5. The van der Waals surface area contributed by atoms with Gasteiger partial charge in [0.25, 0.3) is 0 Å². The third-order valence-electron chi connectivity index (χ3n) is 1.33. The van der Waals surface area contributed by atoms with Crippen LogP contribution in [0, 0.1) is 0 Å². The van der Waals surface area contributed by atoms with E-state index in [-0.39, 0.29) is 13.1 Å². The molecule has 0 bridgehead atoms. The maximum atomic E-state index is 10.5. The summed E-state index contributed by atoms with van der Waals surface area (Å²) in [5, 5.41) is 18.6. The first-order valence-electron chi connectivity index (χ1n) is 3.55. The lowest BCUT2D eigenvalue weighted by molar-refractivity contribution is 0.00786. The van der Waals surface area contributed by atoms with E-state index in [1.807, 2.05) is 0 Å². The maximum Gasteiger partial charge on any atom is 0.426 e. The third-order valence-corrected chi connectivity index (χ3v) is 1.33. The molecule has 0 saturated carbocycles. The lowest BCUT2D eigenvalue weighted by Gasteiger charge is -2.27. The largest absolute Gasteiger partial charge is 0.464 e. The van der Waals surface area contributed by atoms with Crippen LogP contribution in [0.1, 0.15) is 13.8 Å². The molecule has 0 aromatic rings. The Morgan fingerprint density at radius 2 is 1.25 bits per heavy atom. The van der Waals surface area contributed by atoms with Crippen LogP contribution in [0.3, 0.4) is 0 Å². The van der Waals surface area contributed by atoms with Crippen LogP contribution in [0.4, 0.5) is 9.59 Å². The van der Waals surface area contributed by atoms with E-state index < -0.39 is 12.2 Å². The normalized spacial score (nSPS) is 9.17. The van der Waals surface area contributed by atoms with Gasteiger partial charge < -0.3 is 10.2 Å². The van der Waals surface area contributed by atoms with Crippen molar-refractivity contribution in [2.45, 2.75) is 13.8 Å². The smallest absolute Gasteiger partial charge is 0.426 e. The minimum atomic E-state index is -1.26. The number of hydrogen-bond donors (Lipinski definition) is 2. The van der Waals surface area contributed by atoms with Crippen LogP contribution in [0.2, 0.25) is 0 Å². The second-order valence-electron chi connectivity index (χ2n) is 2.00. The van der Waals surface area contributed by atoms with Crippen LogP contribution in [0.25, 0.3) is 0 Å². The average Bonchev–Trinajstić information content (AvgIpc) is 1.98. The second kappa shape index (κ2) is 4.42. The summed E-state index contributed by atoms with van der Waals surface area (Å²) in [7, 11) is 0. The molecule has 12 heavy (non-hydrogen) atoms. The molecule has 0 atom stereocenters. The first-order valence-corrected chi connectivity index (χ1v) is 3.55. The third kappa shape index (κ3) is 2.30. The summed E-state index contributed by atoms with van der Waals surface area (Å²) >= 11 is 0. The fourth-order valence-corrected chi connectivity index (χ4v) is 0.818. The van der Waals surface area contributed by atoms with E-state index in [4.69, 9.17) is 10.2 Å². The van der Waals surface area contributed by atoms with E-state index in [1.54, 1.807) is 13.8 Å². The summed E-state index contributed by atoms with van der Waals surface area (Å²) in [4.78, 5) is 20.9. The molecule has 0 radical (unpaired) electrons. The zero-order valence-electron chi connectivity index (χ0n) is 7.02. The molecule has 6 heteroatoms. The molecule has 0 saturated heterocycles. The number of nitrogens with zero attached hydrogens (tertiary/aromatic N) is 2. The molecule has 0 aromatic heterocycles. The minimum absolute atomic E-state index is 0.121. The van der Waals surface area contributed by atoms with Gasteiger partial charge in [-0.3, -0.25) is 0 Å². The van der Waals surface area contributed by atoms with Gasteiger partial charge in [-0.15, -0.1) is 0 Å². The van der Waals surface area contributed by atoms with Crippen molar-refractivity contribution in [3.05, 3.63) is 0 Å². The molecule has 0 aromatic carbocycles. The topological polar surface area (TPSA) is 81.1 Å². The minimum Gasteiger partial charge on any atom is -0.464 e. The number of rotatable bonds is 2. The Balaban J connectivity index is 4.44. The molecular weight excluding hydrogens is 164 g/mol. The Bertz CT molecular complexity index is 162. The monoisotopic (exact) mass is 176 g/mol. The standard InChI is InChI=1S/C6H12N2O4/c1-3-7(5(9)10)8(4-2)6(11)12/h3-4H2,1-2H3,(H,9,10)(H,11,12). The van der Waals surface area contributed by atoms with Crippen LogP contribution in [0.15, 0.2) is 0 Å². The first kappa shape index (κ1) is 10.5. The quantitative estimate of drug-likeness (QED) is 0.612. The van der Waals surface area contributed by atoms with Gasteiger partial charge in [-0.05, 0) is 13.8 Å². The molecular formula is C6H12N2O4. The zero-order chi connectivity index (χ0) is 9.72. The Morgan fingerprint density at radius 1 is 1.00 bits per heavy atom. The zero-order valence-corrected chi connectivity index (χ0v) is 7.02. The number of amides is 2. The summed E-state index contributed by atoms with van der Waals surface area (Å²) in [6.07, 6.45) is -2.52. The van der Waals surface area contributed by atoms with Gasteiger partial charge in [0, 0.05) is 13.1 Å². The first-order chi connectivity index (χ1) is 5.54. The van der Waals surface area contributed by atoms with Crippen LogP contribution >= 0.6 is 0 Å². The lowest BCUT2D eigenvalue weighted by atomic mass is 10.6. The SMILES string of the molecule is CCN(C(=O)O)N(CC)C(=O)O. The van der Waals surface area contributed by atoms with Crippen LogP contribution < -0.4 is 0 Å². The fraction of sp³-hybridized carbons (Fsp3) is 0.667. The van der Waals surface area contributed by atoms with E-state index in [9.17, 15) is 9.59 Å². The Kier molecular flexibility index (Phi) is 3.89. The van der Waals surface area contributed by atoms with E-state index in [2.05, 4.69) is 0 Å². The molecule has 0 heterocycles. The van der Waals surface area contributed by atoms with Gasteiger partial charge in [-0.1, -0.05) is 0 Å². The van der Waals surface area contributed by atoms with E-state index in [1.165, 1.54) is 0 Å². The molecule has 0 spiro atoms. The average molecular weight is 176 g/mol. The predicted molar refractivity (Wildman–Crippen MR) is 40.8 cm³/mol. The van der Waals surface area contributed by atoms with Gasteiger partial charge in [0.2, 0.25) is 0 Å². The summed E-state index contributed by atoms with van der Waals surface area (Å²) in [6, 6.07) is 0. The van der Waals surface area contributed by atoms with Crippen LogP contribution in [-0.4, -0.2) is 45.5 Å². The highest BCUT2D eigenvalue weighted by molar-refractivity contribution is 5.71. The van der Waals surface area contributed by atoms with Crippen molar-refractivity contribution in [3.8, 4) is 0 Å². The number of carboxylic acid groups (broad SMARTS) is 2. The van der Waals surface area contributed by atoms with E-state index in [0.29, 0.717) is 0 Å². The van der Waals surface area contributed by atoms with Crippen molar-refractivity contribution < 1.29 is 19.8 Å². The van der Waals surface area contributed by atoms with E-state index >= 15 is 0 Å². The Labute approximate surface area is 70.0 Å². The molecule has 2 N–H and O–H groups in total. The number of hydrazine groups is 1. The van der Waals surface area contributed by atoms with Gasteiger partial charge in [-0.25, -0.2) is 19.6 Å². The highest BCUT2D eigenvalue weighted by atomic mass is 16.4. The predicted octanol–water partition coefficient (Wildman–Crippen LogP) is 0.901. The number of carbonyl (C=O) groups is 2. The fourth-order valence-electron chi connectivity index (χ4n) is 0.818. The highest BCUT2D eigenvalue weighted by Gasteiger charge is 2.21. The van der Waals surface area contributed by atoms with Gasteiger partial charge in [0.15, 0.2) is 0 Å². The van der Waals surface area contributed by atoms with Crippen LogP contribution in [0.5, 0.6) is 0 Å². The van der Waals surface area contributed by atoms with Gasteiger partial charge >= 0.3 is 12.2 Å². The molecule has 6 nitrogen and oxygen atoms in total. The summed E-state index contributed by atoms with van der Waals surface area (Å²) in [6.45, 7) is 3.38. The van der Waals surface area contributed by atoms with E-state index in [0.717, 1.165) is 10.0 Å². The van der Waals surface area contributed by atoms with Crippen molar-refractivity contribution in [2.75, 3.05) is 13.1 Å². The number of hydrogen-bond acceptors (Lipinski definition) is 2. The molecule has 0 aliphatic heterocycles. The molecule has 0 unspecified atom stereocenters. The van der Waals surface area contributed by atoms with Crippen molar-refractivity contribution in [2.24, 2.45) is 0 Å². The van der Waals surface area contributed by atoms with Crippen molar-refractivity contribution in [1.82, 2.24) is 10.0 Å². The van der Waals surface area contributed by atoms with Crippen molar-refractivity contribution in [1.29, 1.82) is 0 Å². The van der Waals surface area contributed by atoms with Crippen LogP contribution in [-0.2, 0) is 0 Å².